The Labute approximate surface area is 99.9 Å². The molecule has 0 atom stereocenters. The molecule has 0 aliphatic carbocycles. The normalized spacial score (nSPS) is 9.94. The van der Waals surface area contributed by atoms with Crippen molar-refractivity contribution in [1.82, 2.24) is 5.32 Å². The Morgan fingerprint density at radius 3 is 2.71 bits per heavy atom. The van der Waals surface area contributed by atoms with Crippen LogP contribution >= 0.6 is 0 Å². The van der Waals surface area contributed by atoms with Crippen molar-refractivity contribution in [3.63, 3.8) is 0 Å². The fourth-order valence-electron chi connectivity index (χ4n) is 1.34. The quantitative estimate of drug-likeness (QED) is 0.432. The third-order valence-electron chi connectivity index (χ3n) is 2.18. The predicted molar refractivity (Wildman–Crippen MR) is 63.8 cm³/mol. The monoisotopic (exact) mass is 236 g/mol. The minimum atomic E-state index is -0.608. The molecule has 92 valence electrons. The van der Waals surface area contributed by atoms with Gasteiger partial charge in [-0.15, -0.1) is 0 Å². The summed E-state index contributed by atoms with van der Waals surface area (Å²) in [6, 6.07) is 6.43. The summed E-state index contributed by atoms with van der Waals surface area (Å²) in [5, 5.41) is 2.93. The molecule has 1 rings (SSSR count). The Kier molecular flexibility index (Phi) is 5.16. The van der Waals surface area contributed by atoms with E-state index in [2.05, 4.69) is 5.32 Å². The second-order valence-electron chi connectivity index (χ2n) is 3.54. The predicted octanol–water partition coefficient (Wildman–Crippen LogP) is 0.691. The first-order chi connectivity index (χ1) is 8.15. The molecule has 0 aliphatic rings. The molecule has 0 bridgehead atoms. The van der Waals surface area contributed by atoms with E-state index in [4.69, 9.17) is 10.5 Å². The summed E-state index contributed by atoms with van der Waals surface area (Å²) in [6.07, 6.45) is 0.988. The zero-order valence-electron chi connectivity index (χ0n) is 9.73. The number of primary amides is 1. The maximum Gasteiger partial charge on any atom is 0.311 e. The highest BCUT2D eigenvalue weighted by molar-refractivity contribution is 5.96. The lowest BCUT2D eigenvalue weighted by atomic mass is 10.2. The van der Waals surface area contributed by atoms with Crippen molar-refractivity contribution >= 4 is 11.9 Å². The van der Waals surface area contributed by atoms with Gasteiger partial charge in [0.1, 0.15) is 5.75 Å². The number of para-hydroxylation sites is 1. The first-order valence-corrected chi connectivity index (χ1v) is 5.39. The summed E-state index contributed by atoms with van der Waals surface area (Å²) in [4.78, 5) is 22.5. The van der Waals surface area contributed by atoms with Crippen molar-refractivity contribution in [2.75, 3.05) is 13.6 Å². The molecule has 1 aromatic carbocycles. The topological polar surface area (TPSA) is 81.4 Å². The average Bonchev–Trinajstić information content (AvgIpc) is 2.29. The van der Waals surface area contributed by atoms with E-state index in [1.54, 1.807) is 18.2 Å². The molecular weight excluding hydrogens is 220 g/mol. The summed E-state index contributed by atoms with van der Waals surface area (Å²) in [7, 11) is 1.81. The summed E-state index contributed by atoms with van der Waals surface area (Å²) >= 11 is 0. The summed E-state index contributed by atoms with van der Waals surface area (Å²) in [6.45, 7) is 0.743. The van der Waals surface area contributed by atoms with Crippen molar-refractivity contribution in [2.45, 2.75) is 12.8 Å². The van der Waals surface area contributed by atoms with Gasteiger partial charge < -0.3 is 15.8 Å². The smallest absolute Gasteiger partial charge is 0.311 e. The molecule has 5 heteroatoms. The average molecular weight is 236 g/mol. The van der Waals surface area contributed by atoms with E-state index in [0.717, 1.165) is 6.54 Å². The Morgan fingerprint density at radius 2 is 2.06 bits per heavy atom. The SMILES string of the molecule is CNCCCC(=O)Oc1ccccc1C(N)=O. The zero-order chi connectivity index (χ0) is 12.7. The van der Waals surface area contributed by atoms with Gasteiger partial charge in [0.25, 0.3) is 5.91 Å². The number of benzene rings is 1. The van der Waals surface area contributed by atoms with Crippen molar-refractivity contribution in [3.8, 4) is 5.75 Å². The van der Waals surface area contributed by atoms with E-state index in [1.807, 2.05) is 7.05 Å². The highest BCUT2D eigenvalue weighted by Gasteiger charge is 2.11. The highest BCUT2D eigenvalue weighted by atomic mass is 16.5. The number of ether oxygens (including phenoxy) is 1. The maximum atomic E-state index is 11.5. The number of rotatable bonds is 6. The third-order valence-corrected chi connectivity index (χ3v) is 2.18. The van der Waals surface area contributed by atoms with Crippen LogP contribution < -0.4 is 15.8 Å². The van der Waals surface area contributed by atoms with Gasteiger partial charge in [0.05, 0.1) is 5.56 Å². The number of carbonyl (C=O) groups excluding carboxylic acids is 2. The van der Waals surface area contributed by atoms with Gasteiger partial charge in [-0.2, -0.15) is 0 Å². The van der Waals surface area contributed by atoms with Crippen LogP contribution in [0.3, 0.4) is 0 Å². The van der Waals surface area contributed by atoms with Crippen LogP contribution in [0.2, 0.25) is 0 Å². The molecule has 0 spiro atoms. The molecule has 0 fully saturated rings. The van der Waals surface area contributed by atoms with Gasteiger partial charge in [-0.25, -0.2) is 0 Å². The van der Waals surface area contributed by atoms with Crippen molar-refractivity contribution < 1.29 is 14.3 Å². The third kappa shape index (κ3) is 4.24. The molecule has 1 amide bonds. The lowest BCUT2D eigenvalue weighted by molar-refractivity contribution is -0.134. The number of nitrogens with two attached hydrogens (primary N) is 1. The van der Waals surface area contributed by atoms with Gasteiger partial charge in [-0.05, 0) is 32.1 Å². The maximum absolute atomic E-state index is 11.5. The van der Waals surface area contributed by atoms with E-state index in [-0.39, 0.29) is 17.3 Å². The van der Waals surface area contributed by atoms with Crippen LogP contribution in [-0.4, -0.2) is 25.5 Å². The number of hydrogen-bond acceptors (Lipinski definition) is 4. The molecule has 0 aliphatic heterocycles. The fraction of sp³-hybridized carbons (Fsp3) is 0.333. The Bertz CT molecular complexity index is 404. The minimum Gasteiger partial charge on any atom is -0.426 e. The summed E-state index contributed by atoms with van der Waals surface area (Å²) in [5.74, 6) is -0.757. The highest BCUT2D eigenvalue weighted by Crippen LogP contribution is 2.17. The Morgan fingerprint density at radius 1 is 1.35 bits per heavy atom. The van der Waals surface area contributed by atoms with Gasteiger partial charge in [-0.3, -0.25) is 9.59 Å². The van der Waals surface area contributed by atoms with Gasteiger partial charge in [0, 0.05) is 6.42 Å². The van der Waals surface area contributed by atoms with E-state index in [1.165, 1.54) is 6.07 Å². The molecule has 17 heavy (non-hydrogen) atoms. The summed E-state index contributed by atoms with van der Waals surface area (Å²) < 4.78 is 5.09. The second-order valence-corrected chi connectivity index (χ2v) is 3.54. The zero-order valence-corrected chi connectivity index (χ0v) is 9.73. The van der Waals surface area contributed by atoms with E-state index < -0.39 is 5.91 Å². The van der Waals surface area contributed by atoms with E-state index in [0.29, 0.717) is 12.8 Å². The van der Waals surface area contributed by atoms with Crippen molar-refractivity contribution in [3.05, 3.63) is 29.8 Å². The molecule has 0 saturated carbocycles. The first-order valence-electron chi connectivity index (χ1n) is 5.39. The largest absolute Gasteiger partial charge is 0.426 e. The number of hydrogen-bond donors (Lipinski definition) is 2. The van der Waals surface area contributed by atoms with E-state index >= 15 is 0 Å². The van der Waals surface area contributed by atoms with Gasteiger partial charge >= 0.3 is 5.97 Å². The van der Waals surface area contributed by atoms with Gasteiger partial charge in [-0.1, -0.05) is 12.1 Å². The Hall–Kier alpha value is -1.88. The molecule has 0 heterocycles. The van der Waals surface area contributed by atoms with Crippen LogP contribution in [0.1, 0.15) is 23.2 Å². The molecular formula is C12H16N2O3. The molecule has 0 saturated heterocycles. The molecule has 0 aromatic heterocycles. The summed E-state index contributed by atoms with van der Waals surface area (Å²) in [5.41, 5.74) is 5.39. The van der Waals surface area contributed by atoms with Crippen LogP contribution in [-0.2, 0) is 4.79 Å². The lowest BCUT2D eigenvalue weighted by Gasteiger charge is -2.07. The minimum absolute atomic E-state index is 0.217. The molecule has 0 radical (unpaired) electrons. The lowest BCUT2D eigenvalue weighted by Crippen LogP contribution is -2.17. The molecule has 3 N–H and O–H groups in total. The standard InChI is InChI=1S/C12H16N2O3/c1-14-8-4-7-11(15)17-10-6-3-2-5-9(10)12(13)16/h2-3,5-6,14H,4,7-8H2,1H3,(H2,13,16). The van der Waals surface area contributed by atoms with E-state index in [9.17, 15) is 9.59 Å². The number of carbonyl (C=O) groups is 2. The van der Waals surface area contributed by atoms with Crippen LogP contribution in [0.25, 0.3) is 0 Å². The Balaban J connectivity index is 2.61. The van der Waals surface area contributed by atoms with Gasteiger partial charge in [0.15, 0.2) is 0 Å². The fourth-order valence-corrected chi connectivity index (χ4v) is 1.34. The van der Waals surface area contributed by atoms with Gasteiger partial charge in [0.2, 0.25) is 0 Å². The van der Waals surface area contributed by atoms with Crippen molar-refractivity contribution in [2.24, 2.45) is 5.73 Å². The number of amides is 1. The van der Waals surface area contributed by atoms with Crippen LogP contribution in [0.15, 0.2) is 24.3 Å². The second kappa shape index (κ2) is 6.65. The first kappa shape index (κ1) is 13.2. The molecule has 0 unspecified atom stereocenters. The number of nitrogens with one attached hydrogen (secondary N) is 1. The van der Waals surface area contributed by atoms with Crippen LogP contribution in [0.4, 0.5) is 0 Å². The molecule has 5 nitrogen and oxygen atoms in total. The van der Waals surface area contributed by atoms with Crippen LogP contribution in [0.5, 0.6) is 5.75 Å². The van der Waals surface area contributed by atoms with Crippen LogP contribution in [0, 0.1) is 0 Å². The molecule has 1 aromatic rings. The number of esters is 1. The van der Waals surface area contributed by atoms with Crippen molar-refractivity contribution in [1.29, 1.82) is 0 Å².